The van der Waals surface area contributed by atoms with E-state index in [0.717, 1.165) is 0 Å². The Morgan fingerprint density at radius 2 is 2.26 bits per heavy atom. The van der Waals surface area contributed by atoms with E-state index in [0.29, 0.717) is 31.9 Å². The fourth-order valence-corrected chi connectivity index (χ4v) is 4.55. The maximum atomic E-state index is 12.5. The summed E-state index contributed by atoms with van der Waals surface area (Å²) in [4.78, 5) is 18.2. The molecule has 1 N–H and O–H groups in total. The van der Waals surface area contributed by atoms with Crippen LogP contribution in [0.3, 0.4) is 0 Å². The molecule has 9 heteroatoms. The van der Waals surface area contributed by atoms with Gasteiger partial charge in [0.2, 0.25) is 10.0 Å². The summed E-state index contributed by atoms with van der Waals surface area (Å²) in [5.41, 5.74) is -0.359. The predicted octanol–water partition coefficient (Wildman–Crippen LogP) is -0.301. The van der Waals surface area contributed by atoms with Gasteiger partial charge < -0.3 is 14.4 Å². The average Bonchev–Trinajstić information content (AvgIpc) is 3.09. The summed E-state index contributed by atoms with van der Waals surface area (Å²) < 4.78 is 30.1. The maximum Gasteiger partial charge on any atom is 0.275 e. The highest BCUT2D eigenvalue weighted by Gasteiger charge is 2.52. The zero-order valence-corrected chi connectivity index (χ0v) is 14.0. The van der Waals surface area contributed by atoms with Crippen LogP contribution in [-0.4, -0.2) is 72.7 Å². The summed E-state index contributed by atoms with van der Waals surface area (Å²) in [5.74, 6) is 0.237. The minimum atomic E-state index is -3.30. The molecular weight excluding hydrogens is 322 g/mol. The van der Waals surface area contributed by atoms with Gasteiger partial charge in [0, 0.05) is 38.5 Å². The third-order valence-electron chi connectivity index (χ3n) is 4.94. The van der Waals surface area contributed by atoms with E-state index in [-0.39, 0.29) is 30.7 Å². The number of piperidine rings is 1. The van der Waals surface area contributed by atoms with Crippen molar-refractivity contribution in [2.24, 2.45) is 11.3 Å². The molecule has 2 atom stereocenters. The summed E-state index contributed by atoms with van der Waals surface area (Å²) in [6.45, 7) is 3.02. The Kier molecular flexibility index (Phi) is 3.97. The Hall–Kier alpha value is -1.45. The van der Waals surface area contributed by atoms with Crippen molar-refractivity contribution in [2.75, 3.05) is 39.0 Å². The minimum absolute atomic E-state index is 0.0605. The van der Waals surface area contributed by atoms with Gasteiger partial charge in [-0.2, -0.15) is 0 Å². The molecule has 0 spiro atoms. The molecule has 2 aliphatic rings. The fraction of sp³-hybridized carbons (Fsp3) is 0.714. The third-order valence-corrected chi connectivity index (χ3v) is 6.16. The summed E-state index contributed by atoms with van der Waals surface area (Å²) in [6, 6.07) is 0. The first-order valence-electron chi connectivity index (χ1n) is 7.52. The van der Waals surface area contributed by atoms with Crippen molar-refractivity contribution in [1.29, 1.82) is 0 Å². The Balaban J connectivity index is 1.81. The minimum Gasteiger partial charge on any atom is -0.448 e. The second kappa shape index (κ2) is 5.57. The van der Waals surface area contributed by atoms with E-state index < -0.39 is 15.4 Å². The number of oxazole rings is 1. The van der Waals surface area contributed by atoms with Gasteiger partial charge in [-0.1, -0.05) is 0 Å². The molecule has 2 aliphatic heterocycles. The Morgan fingerprint density at radius 1 is 1.52 bits per heavy atom. The number of nitrogens with zero attached hydrogens (tertiary/aromatic N) is 3. The number of likely N-dealkylation sites (tertiary alicyclic amines) is 1. The third kappa shape index (κ3) is 2.88. The fourth-order valence-electron chi connectivity index (χ4n) is 3.61. The number of aliphatic hydroxyl groups excluding tert-OH is 1. The molecule has 3 rings (SSSR count). The Morgan fingerprint density at radius 3 is 2.83 bits per heavy atom. The van der Waals surface area contributed by atoms with Gasteiger partial charge >= 0.3 is 0 Å². The molecule has 0 unspecified atom stereocenters. The molecule has 0 aromatic carbocycles. The molecule has 1 amide bonds. The lowest BCUT2D eigenvalue weighted by atomic mass is 9.74. The number of hydrogen-bond acceptors (Lipinski definition) is 6. The van der Waals surface area contributed by atoms with Crippen LogP contribution >= 0.6 is 0 Å². The molecule has 1 aromatic rings. The molecule has 0 bridgehead atoms. The zero-order valence-electron chi connectivity index (χ0n) is 13.2. The van der Waals surface area contributed by atoms with E-state index in [4.69, 9.17) is 4.42 Å². The molecule has 1 aromatic heterocycles. The number of sulfonamides is 1. The molecule has 8 nitrogen and oxygen atoms in total. The van der Waals surface area contributed by atoms with Gasteiger partial charge in [-0.3, -0.25) is 4.79 Å². The zero-order chi connectivity index (χ0) is 16.8. The van der Waals surface area contributed by atoms with Gasteiger partial charge in [0.15, 0.2) is 11.6 Å². The lowest BCUT2D eigenvalue weighted by Crippen LogP contribution is -2.52. The normalized spacial score (nSPS) is 28.8. The van der Waals surface area contributed by atoms with Gasteiger partial charge in [-0.05, 0) is 12.3 Å². The highest BCUT2D eigenvalue weighted by atomic mass is 32.2. The van der Waals surface area contributed by atoms with Crippen molar-refractivity contribution in [2.45, 2.75) is 13.3 Å². The largest absolute Gasteiger partial charge is 0.448 e. The van der Waals surface area contributed by atoms with Gasteiger partial charge in [0.25, 0.3) is 5.91 Å². The van der Waals surface area contributed by atoms with E-state index in [1.165, 1.54) is 16.8 Å². The number of fused-ring (bicyclic) bond motifs is 1. The van der Waals surface area contributed by atoms with Crippen LogP contribution in [0.5, 0.6) is 0 Å². The first-order chi connectivity index (χ1) is 10.7. The van der Waals surface area contributed by atoms with Crippen LogP contribution in [0.2, 0.25) is 0 Å². The molecular formula is C14H21N3O5S. The van der Waals surface area contributed by atoms with Crippen molar-refractivity contribution in [1.82, 2.24) is 14.2 Å². The number of aromatic nitrogens is 1. The summed E-state index contributed by atoms with van der Waals surface area (Å²) in [6.07, 6.45) is 3.17. The van der Waals surface area contributed by atoms with Gasteiger partial charge in [-0.15, -0.1) is 0 Å². The Bertz CT molecular complexity index is 716. The van der Waals surface area contributed by atoms with Crippen molar-refractivity contribution in [3.8, 4) is 0 Å². The van der Waals surface area contributed by atoms with E-state index in [1.54, 1.807) is 11.8 Å². The molecule has 23 heavy (non-hydrogen) atoms. The van der Waals surface area contributed by atoms with Gasteiger partial charge in [0.1, 0.15) is 6.26 Å². The standard InChI is InChI=1S/C14H21N3O5S/c1-10-15-12(6-22-10)13(19)16-4-3-11-5-17(23(2,20)21)8-14(11,7-16)9-18/h6,11,18H,3-5,7-9H2,1-2H3/t11-,14+/m0/s1. The van der Waals surface area contributed by atoms with Crippen molar-refractivity contribution in [3.05, 3.63) is 17.8 Å². The molecule has 2 fully saturated rings. The number of hydrogen-bond donors (Lipinski definition) is 1. The van der Waals surface area contributed by atoms with Crippen LogP contribution < -0.4 is 0 Å². The summed E-state index contributed by atoms with van der Waals surface area (Å²) in [7, 11) is -3.30. The summed E-state index contributed by atoms with van der Waals surface area (Å²) >= 11 is 0. The molecule has 0 saturated carbocycles. The first kappa shape index (κ1) is 16.4. The quantitative estimate of drug-likeness (QED) is 0.808. The smallest absolute Gasteiger partial charge is 0.275 e. The van der Waals surface area contributed by atoms with E-state index in [2.05, 4.69) is 4.98 Å². The van der Waals surface area contributed by atoms with Crippen LogP contribution in [0, 0.1) is 18.3 Å². The Labute approximate surface area is 135 Å². The van der Waals surface area contributed by atoms with E-state index in [1.807, 2.05) is 0 Å². The monoisotopic (exact) mass is 343 g/mol. The molecule has 0 radical (unpaired) electrons. The van der Waals surface area contributed by atoms with Crippen LogP contribution in [-0.2, 0) is 10.0 Å². The van der Waals surface area contributed by atoms with Crippen molar-refractivity contribution in [3.63, 3.8) is 0 Å². The molecule has 2 saturated heterocycles. The number of carbonyl (C=O) groups excluding carboxylic acids is 1. The summed E-state index contributed by atoms with van der Waals surface area (Å²) in [5, 5.41) is 9.92. The number of amides is 1. The topological polar surface area (TPSA) is 104 Å². The molecule has 128 valence electrons. The predicted molar refractivity (Wildman–Crippen MR) is 81.2 cm³/mol. The lowest BCUT2D eigenvalue weighted by molar-refractivity contribution is 0.0126. The SMILES string of the molecule is Cc1nc(C(=O)N2CC[C@H]3CN(S(C)(=O)=O)C[C@@]3(CO)C2)co1. The van der Waals surface area contributed by atoms with Crippen molar-refractivity contribution < 1.29 is 22.7 Å². The molecule has 3 heterocycles. The first-order valence-corrected chi connectivity index (χ1v) is 9.37. The number of aryl methyl sites for hydroxylation is 1. The van der Waals surface area contributed by atoms with Crippen LogP contribution in [0.15, 0.2) is 10.7 Å². The van der Waals surface area contributed by atoms with Crippen LogP contribution in [0.1, 0.15) is 22.8 Å². The van der Waals surface area contributed by atoms with Crippen LogP contribution in [0.4, 0.5) is 0 Å². The lowest BCUT2D eigenvalue weighted by Gasteiger charge is -2.42. The molecule has 0 aliphatic carbocycles. The van der Waals surface area contributed by atoms with E-state index in [9.17, 15) is 18.3 Å². The second-order valence-electron chi connectivity index (χ2n) is 6.54. The number of carbonyl (C=O) groups is 1. The highest BCUT2D eigenvalue weighted by molar-refractivity contribution is 7.88. The number of rotatable bonds is 3. The maximum absolute atomic E-state index is 12.5. The van der Waals surface area contributed by atoms with Crippen LogP contribution in [0.25, 0.3) is 0 Å². The second-order valence-corrected chi connectivity index (χ2v) is 8.52. The van der Waals surface area contributed by atoms with Crippen molar-refractivity contribution >= 4 is 15.9 Å². The van der Waals surface area contributed by atoms with Gasteiger partial charge in [0.05, 0.1) is 12.9 Å². The highest BCUT2D eigenvalue weighted by Crippen LogP contribution is 2.42. The van der Waals surface area contributed by atoms with Gasteiger partial charge in [-0.25, -0.2) is 17.7 Å². The van der Waals surface area contributed by atoms with E-state index >= 15 is 0 Å². The number of aliphatic hydroxyl groups is 1. The average molecular weight is 343 g/mol.